The summed E-state index contributed by atoms with van der Waals surface area (Å²) in [5, 5.41) is 7.25. The minimum absolute atomic E-state index is 0.0348. The Morgan fingerprint density at radius 3 is 3.00 bits per heavy atom. The number of hydrogen-bond donors (Lipinski definition) is 1. The van der Waals surface area contributed by atoms with Crippen LogP contribution in [-0.2, 0) is 0 Å². The van der Waals surface area contributed by atoms with Crippen molar-refractivity contribution < 1.29 is 4.79 Å². The monoisotopic (exact) mass is 286 g/mol. The second-order valence-electron chi connectivity index (χ2n) is 5.12. The Kier molecular flexibility index (Phi) is 3.92. The Morgan fingerprint density at radius 2 is 2.33 bits per heavy atom. The predicted molar refractivity (Wildman–Crippen MR) is 77.1 cm³/mol. The van der Waals surface area contributed by atoms with Gasteiger partial charge in [0, 0.05) is 25.3 Å². The number of amides is 1. The SMILES string of the molecule is CNC1CCCN(C(=O)c2ccc(-n3cncn3)nc2)C1. The summed E-state index contributed by atoms with van der Waals surface area (Å²) >= 11 is 0. The summed E-state index contributed by atoms with van der Waals surface area (Å²) in [6, 6.07) is 3.95. The number of aromatic nitrogens is 4. The number of likely N-dealkylation sites (tertiary alicyclic amines) is 1. The number of pyridine rings is 1. The van der Waals surface area contributed by atoms with E-state index in [2.05, 4.69) is 20.4 Å². The molecule has 3 heterocycles. The van der Waals surface area contributed by atoms with Crippen molar-refractivity contribution in [2.45, 2.75) is 18.9 Å². The van der Waals surface area contributed by atoms with Crippen molar-refractivity contribution in [3.8, 4) is 5.82 Å². The largest absolute Gasteiger partial charge is 0.337 e. The molecule has 1 atom stereocenters. The zero-order valence-electron chi connectivity index (χ0n) is 11.9. The number of nitrogens with zero attached hydrogens (tertiary/aromatic N) is 5. The lowest BCUT2D eigenvalue weighted by Crippen LogP contribution is -2.46. The lowest BCUT2D eigenvalue weighted by molar-refractivity contribution is 0.0698. The van der Waals surface area contributed by atoms with Gasteiger partial charge in [0.2, 0.25) is 0 Å². The Balaban J connectivity index is 1.73. The quantitative estimate of drug-likeness (QED) is 0.888. The molecular weight excluding hydrogens is 268 g/mol. The number of rotatable bonds is 3. The van der Waals surface area contributed by atoms with Gasteiger partial charge in [-0.05, 0) is 32.0 Å². The first-order valence-corrected chi connectivity index (χ1v) is 7.05. The molecule has 0 aliphatic carbocycles. The molecule has 1 N–H and O–H groups in total. The average Bonchev–Trinajstić information content (AvgIpc) is 3.09. The summed E-state index contributed by atoms with van der Waals surface area (Å²) in [7, 11) is 1.94. The maximum atomic E-state index is 12.5. The van der Waals surface area contributed by atoms with Gasteiger partial charge in [-0.25, -0.2) is 14.6 Å². The van der Waals surface area contributed by atoms with E-state index in [4.69, 9.17) is 0 Å². The smallest absolute Gasteiger partial charge is 0.255 e. The zero-order valence-corrected chi connectivity index (χ0v) is 11.9. The van der Waals surface area contributed by atoms with Crippen molar-refractivity contribution in [3.05, 3.63) is 36.5 Å². The van der Waals surface area contributed by atoms with Gasteiger partial charge in [0.05, 0.1) is 5.56 Å². The number of hydrogen-bond acceptors (Lipinski definition) is 5. The molecule has 7 nitrogen and oxygen atoms in total. The first-order chi connectivity index (χ1) is 10.3. The normalized spacial score (nSPS) is 18.7. The summed E-state index contributed by atoms with van der Waals surface area (Å²) in [6.45, 7) is 1.56. The highest BCUT2D eigenvalue weighted by molar-refractivity contribution is 5.94. The van der Waals surface area contributed by atoms with Crippen LogP contribution in [0.5, 0.6) is 0 Å². The number of carbonyl (C=O) groups excluding carboxylic acids is 1. The lowest BCUT2D eigenvalue weighted by Gasteiger charge is -2.32. The fourth-order valence-corrected chi connectivity index (χ4v) is 2.55. The Bertz CT molecular complexity index is 594. The van der Waals surface area contributed by atoms with E-state index in [-0.39, 0.29) is 5.91 Å². The van der Waals surface area contributed by atoms with Crippen LogP contribution in [0.25, 0.3) is 5.82 Å². The van der Waals surface area contributed by atoms with Crippen LogP contribution in [0.1, 0.15) is 23.2 Å². The molecule has 0 spiro atoms. The third-order valence-electron chi connectivity index (χ3n) is 3.77. The summed E-state index contributed by atoms with van der Waals surface area (Å²) < 4.78 is 1.56. The lowest BCUT2D eigenvalue weighted by atomic mass is 10.1. The molecule has 0 aromatic carbocycles. The van der Waals surface area contributed by atoms with E-state index >= 15 is 0 Å². The van der Waals surface area contributed by atoms with Crippen molar-refractivity contribution >= 4 is 5.91 Å². The molecule has 110 valence electrons. The van der Waals surface area contributed by atoms with Crippen LogP contribution in [0.3, 0.4) is 0 Å². The highest BCUT2D eigenvalue weighted by Crippen LogP contribution is 2.14. The summed E-state index contributed by atoms with van der Waals surface area (Å²) in [5.74, 6) is 0.684. The molecule has 1 aliphatic heterocycles. The number of carbonyl (C=O) groups is 1. The molecule has 0 bridgehead atoms. The second kappa shape index (κ2) is 6.01. The predicted octanol–water partition coefficient (Wildman–Crippen LogP) is 0.486. The Labute approximate surface area is 123 Å². The molecule has 1 saturated heterocycles. The van der Waals surface area contributed by atoms with E-state index < -0.39 is 0 Å². The summed E-state index contributed by atoms with van der Waals surface area (Å²) in [5.41, 5.74) is 0.607. The molecule has 1 unspecified atom stereocenters. The van der Waals surface area contributed by atoms with E-state index in [1.54, 1.807) is 29.3 Å². The van der Waals surface area contributed by atoms with Gasteiger partial charge in [-0.15, -0.1) is 0 Å². The van der Waals surface area contributed by atoms with Crippen LogP contribution in [0.2, 0.25) is 0 Å². The van der Waals surface area contributed by atoms with Crippen LogP contribution < -0.4 is 5.32 Å². The van der Waals surface area contributed by atoms with Gasteiger partial charge in [-0.3, -0.25) is 4.79 Å². The molecule has 7 heteroatoms. The Hall–Kier alpha value is -2.28. The minimum Gasteiger partial charge on any atom is -0.337 e. The molecule has 1 fully saturated rings. The van der Waals surface area contributed by atoms with Gasteiger partial charge in [0.25, 0.3) is 5.91 Å². The van der Waals surface area contributed by atoms with Gasteiger partial charge < -0.3 is 10.2 Å². The number of nitrogens with one attached hydrogen (secondary N) is 1. The fraction of sp³-hybridized carbons (Fsp3) is 0.429. The van der Waals surface area contributed by atoms with Gasteiger partial charge in [0.1, 0.15) is 12.7 Å². The number of likely N-dealkylation sites (N-methyl/N-ethyl adjacent to an activating group) is 1. The van der Waals surface area contributed by atoms with E-state index in [0.29, 0.717) is 17.4 Å². The minimum atomic E-state index is 0.0348. The van der Waals surface area contributed by atoms with Crippen molar-refractivity contribution in [1.82, 2.24) is 30.0 Å². The van der Waals surface area contributed by atoms with Crippen LogP contribution >= 0.6 is 0 Å². The highest BCUT2D eigenvalue weighted by atomic mass is 16.2. The van der Waals surface area contributed by atoms with Crippen LogP contribution in [-0.4, -0.2) is 56.7 Å². The maximum absolute atomic E-state index is 12.5. The zero-order chi connectivity index (χ0) is 14.7. The van der Waals surface area contributed by atoms with E-state index in [9.17, 15) is 4.79 Å². The maximum Gasteiger partial charge on any atom is 0.255 e. The summed E-state index contributed by atoms with van der Waals surface area (Å²) in [4.78, 5) is 22.5. The van der Waals surface area contributed by atoms with Gasteiger partial charge in [0.15, 0.2) is 5.82 Å². The fourth-order valence-electron chi connectivity index (χ4n) is 2.55. The van der Waals surface area contributed by atoms with E-state index in [0.717, 1.165) is 25.9 Å². The molecule has 1 aliphatic rings. The van der Waals surface area contributed by atoms with Crippen molar-refractivity contribution in [3.63, 3.8) is 0 Å². The van der Waals surface area contributed by atoms with E-state index in [1.165, 1.54) is 6.33 Å². The van der Waals surface area contributed by atoms with Gasteiger partial charge >= 0.3 is 0 Å². The molecule has 2 aromatic rings. The third-order valence-corrected chi connectivity index (χ3v) is 3.77. The van der Waals surface area contributed by atoms with Crippen LogP contribution in [0.15, 0.2) is 31.0 Å². The van der Waals surface area contributed by atoms with Crippen molar-refractivity contribution in [1.29, 1.82) is 0 Å². The molecule has 21 heavy (non-hydrogen) atoms. The summed E-state index contributed by atoms with van der Waals surface area (Å²) in [6.07, 6.45) is 6.77. The third kappa shape index (κ3) is 2.92. The Morgan fingerprint density at radius 1 is 1.43 bits per heavy atom. The highest BCUT2D eigenvalue weighted by Gasteiger charge is 2.23. The topological polar surface area (TPSA) is 75.9 Å². The van der Waals surface area contributed by atoms with Crippen molar-refractivity contribution in [2.24, 2.45) is 0 Å². The molecule has 1 amide bonds. The van der Waals surface area contributed by atoms with Gasteiger partial charge in [-0.2, -0.15) is 5.10 Å². The molecule has 0 radical (unpaired) electrons. The first kappa shape index (κ1) is 13.7. The molecule has 2 aromatic heterocycles. The van der Waals surface area contributed by atoms with Crippen LogP contribution in [0, 0.1) is 0 Å². The van der Waals surface area contributed by atoms with E-state index in [1.807, 2.05) is 11.9 Å². The number of piperidine rings is 1. The molecule has 3 rings (SSSR count). The molecular formula is C14H18N6O. The van der Waals surface area contributed by atoms with Crippen LogP contribution in [0.4, 0.5) is 0 Å². The second-order valence-corrected chi connectivity index (χ2v) is 5.12. The first-order valence-electron chi connectivity index (χ1n) is 7.05. The molecule has 0 saturated carbocycles. The van der Waals surface area contributed by atoms with Crippen molar-refractivity contribution in [2.75, 3.05) is 20.1 Å². The van der Waals surface area contributed by atoms with Gasteiger partial charge in [-0.1, -0.05) is 0 Å². The average molecular weight is 286 g/mol. The standard InChI is InChI=1S/C14H18N6O/c1-15-12-3-2-6-19(8-12)14(21)11-4-5-13(17-7-11)20-10-16-9-18-20/h4-5,7,9-10,12,15H,2-3,6,8H2,1H3.